The first-order valence-electron chi connectivity index (χ1n) is 7.04. The highest BCUT2D eigenvalue weighted by atomic mass is 16.4. The first-order chi connectivity index (χ1) is 10.1. The maximum Gasteiger partial charge on any atom is 0.310 e. The van der Waals surface area contributed by atoms with Gasteiger partial charge in [-0.15, -0.1) is 0 Å². The number of benzene rings is 1. The maximum atomic E-state index is 10.9. The van der Waals surface area contributed by atoms with Gasteiger partial charge in [0.25, 0.3) is 0 Å². The van der Waals surface area contributed by atoms with E-state index >= 15 is 0 Å². The van der Waals surface area contributed by atoms with E-state index in [0.29, 0.717) is 0 Å². The summed E-state index contributed by atoms with van der Waals surface area (Å²) < 4.78 is 0. The van der Waals surface area contributed by atoms with Crippen LogP contribution in [0.3, 0.4) is 0 Å². The molecule has 110 valence electrons. The smallest absolute Gasteiger partial charge is 0.310 e. The van der Waals surface area contributed by atoms with Gasteiger partial charge in [-0.2, -0.15) is 0 Å². The largest absolute Gasteiger partial charge is 0.481 e. The maximum absolute atomic E-state index is 10.9. The molecule has 0 radical (unpaired) electrons. The van der Waals surface area contributed by atoms with Gasteiger partial charge < -0.3 is 10.4 Å². The molecule has 0 saturated carbocycles. The fraction of sp³-hybridized carbons (Fsp3) is 0.294. The van der Waals surface area contributed by atoms with E-state index in [0.717, 1.165) is 23.4 Å². The summed E-state index contributed by atoms with van der Waals surface area (Å²) in [6.45, 7) is 4.49. The first kappa shape index (κ1) is 15.2. The van der Waals surface area contributed by atoms with E-state index < -0.39 is 11.9 Å². The number of carboxylic acids is 1. The summed E-state index contributed by atoms with van der Waals surface area (Å²) >= 11 is 0. The van der Waals surface area contributed by atoms with E-state index in [-0.39, 0.29) is 6.04 Å². The zero-order valence-corrected chi connectivity index (χ0v) is 12.3. The molecule has 2 unspecified atom stereocenters. The summed E-state index contributed by atoms with van der Waals surface area (Å²) in [7, 11) is 0. The lowest BCUT2D eigenvalue weighted by Crippen LogP contribution is -2.19. The number of aromatic nitrogens is 1. The van der Waals surface area contributed by atoms with Crippen LogP contribution in [-0.2, 0) is 11.3 Å². The van der Waals surface area contributed by atoms with Crippen LogP contribution in [0.5, 0.6) is 0 Å². The molecule has 1 heterocycles. The van der Waals surface area contributed by atoms with E-state index in [1.807, 2.05) is 42.5 Å². The Hall–Kier alpha value is -2.20. The van der Waals surface area contributed by atoms with Crippen molar-refractivity contribution in [3.63, 3.8) is 0 Å². The van der Waals surface area contributed by atoms with Gasteiger partial charge in [-0.1, -0.05) is 30.3 Å². The van der Waals surface area contributed by atoms with Gasteiger partial charge >= 0.3 is 5.97 Å². The molecule has 0 aliphatic rings. The minimum atomic E-state index is -0.801. The number of nitrogens with zero attached hydrogens (tertiary/aromatic N) is 1. The van der Waals surface area contributed by atoms with Gasteiger partial charge in [0.1, 0.15) is 0 Å². The summed E-state index contributed by atoms with van der Waals surface area (Å²) in [6.07, 6.45) is 1.79. The van der Waals surface area contributed by atoms with Crippen molar-refractivity contribution in [1.29, 1.82) is 0 Å². The van der Waals surface area contributed by atoms with Crippen LogP contribution in [-0.4, -0.2) is 16.1 Å². The van der Waals surface area contributed by atoms with Gasteiger partial charge in [-0.25, -0.2) is 0 Å². The summed E-state index contributed by atoms with van der Waals surface area (Å²) in [5.41, 5.74) is 2.96. The van der Waals surface area contributed by atoms with Gasteiger partial charge in [0.05, 0.1) is 11.6 Å². The third kappa shape index (κ3) is 4.13. The lowest BCUT2D eigenvalue weighted by Gasteiger charge is -2.14. The van der Waals surface area contributed by atoms with E-state index in [2.05, 4.69) is 17.2 Å². The molecule has 21 heavy (non-hydrogen) atoms. The Kier molecular flexibility index (Phi) is 5.06. The molecule has 1 aromatic carbocycles. The molecule has 0 bridgehead atoms. The van der Waals surface area contributed by atoms with Gasteiger partial charge in [-0.3, -0.25) is 9.78 Å². The molecule has 0 aliphatic carbocycles. The Morgan fingerprint density at radius 2 is 1.90 bits per heavy atom. The van der Waals surface area contributed by atoms with Crippen molar-refractivity contribution < 1.29 is 9.90 Å². The second-order valence-corrected chi connectivity index (χ2v) is 5.16. The molecule has 4 nitrogen and oxygen atoms in total. The number of carboxylic acid groups (broad SMARTS) is 1. The zero-order valence-electron chi connectivity index (χ0n) is 12.3. The normalized spacial score (nSPS) is 13.6. The van der Waals surface area contributed by atoms with Crippen LogP contribution in [0.4, 0.5) is 0 Å². The first-order valence-corrected chi connectivity index (χ1v) is 7.04. The van der Waals surface area contributed by atoms with Crippen molar-refractivity contribution in [2.24, 2.45) is 0 Å². The molecule has 2 N–H and O–H groups in total. The molecule has 2 atom stereocenters. The minimum Gasteiger partial charge on any atom is -0.481 e. The van der Waals surface area contributed by atoms with Crippen molar-refractivity contribution in [2.45, 2.75) is 32.4 Å². The van der Waals surface area contributed by atoms with Crippen LogP contribution in [0.1, 0.15) is 42.6 Å². The van der Waals surface area contributed by atoms with Crippen LogP contribution in [0, 0.1) is 0 Å². The highest BCUT2D eigenvalue weighted by molar-refractivity contribution is 5.75. The fourth-order valence-electron chi connectivity index (χ4n) is 2.07. The minimum absolute atomic E-state index is 0.170. The SMILES string of the molecule is CC(NCc1ccc(C(C)C(=O)O)cc1)c1ccccn1. The molecule has 4 heteroatoms. The van der Waals surface area contributed by atoms with E-state index in [9.17, 15) is 4.79 Å². The second kappa shape index (κ2) is 6.99. The Balaban J connectivity index is 1.93. The van der Waals surface area contributed by atoms with E-state index in [1.54, 1.807) is 13.1 Å². The summed E-state index contributed by atoms with van der Waals surface area (Å²) in [4.78, 5) is 15.3. The van der Waals surface area contributed by atoms with Crippen molar-refractivity contribution in [3.8, 4) is 0 Å². The number of hydrogen-bond donors (Lipinski definition) is 2. The Bertz CT molecular complexity index is 581. The summed E-state index contributed by atoms with van der Waals surface area (Å²) in [6, 6.07) is 13.7. The van der Waals surface area contributed by atoms with E-state index in [4.69, 9.17) is 5.11 Å². The Morgan fingerprint density at radius 1 is 1.19 bits per heavy atom. The third-order valence-electron chi connectivity index (χ3n) is 3.59. The number of nitrogens with one attached hydrogen (secondary N) is 1. The average Bonchev–Trinajstić information content (AvgIpc) is 2.53. The monoisotopic (exact) mass is 284 g/mol. The van der Waals surface area contributed by atoms with E-state index in [1.165, 1.54) is 0 Å². The van der Waals surface area contributed by atoms with Gasteiger partial charge in [0, 0.05) is 18.8 Å². The second-order valence-electron chi connectivity index (χ2n) is 5.16. The molecule has 0 aliphatic heterocycles. The molecule has 2 aromatic rings. The van der Waals surface area contributed by atoms with Gasteiger partial charge in [-0.05, 0) is 37.1 Å². The quantitative estimate of drug-likeness (QED) is 0.855. The summed E-state index contributed by atoms with van der Waals surface area (Å²) in [5.74, 6) is -1.27. The molecule has 0 spiro atoms. The number of aliphatic carboxylic acids is 1. The zero-order chi connectivity index (χ0) is 15.2. The van der Waals surface area contributed by atoms with Crippen LogP contribution in [0.25, 0.3) is 0 Å². The van der Waals surface area contributed by atoms with Crippen molar-refractivity contribution >= 4 is 5.97 Å². The predicted octanol–water partition coefficient (Wildman–Crippen LogP) is 3.12. The van der Waals surface area contributed by atoms with Crippen LogP contribution in [0.2, 0.25) is 0 Å². The molecule has 1 aromatic heterocycles. The van der Waals surface area contributed by atoms with Crippen LogP contribution in [0.15, 0.2) is 48.7 Å². The van der Waals surface area contributed by atoms with Crippen molar-refractivity contribution in [1.82, 2.24) is 10.3 Å². The standard InChI is InChI=1S/C17H20N2O2/c1-12(17(20)21)15-8-6-14(7-9-15)11-19-13(2)16-5-3-4-10-18-16/h3-10,12-13,19H,11H2,1-2H3,(H,20,21). The third-order valence-corrected chi connectivity index (χ3v) is 3.59. The Morgan fingerprint density at radius 3 is 2.48 bits per heavy atom. The number of rotatable bonds is 6. The molecule has 2 rings (SSSR count). The average molecular weight is 284 g/mol. The molecular weight excluding hydrogens is 264 g/mol. The lowest BCUT2D eigenvalue weighted by molar-refractivity contribution is -0.138. The molecular formula is C17H20N2O2. The molecule has 0 saturated heterocycles. The lowest BCUT2D eigenvalue weighted by atomic mass is 10.00. The van der Waals surface area contributed by atoms with Gasteiger partial charge in [0.15, 0.2) is 0 Å². The number of carbonyl (C=O) groups is 1. The van der Waals surface area contributed by atoms with Gasteiger partial charge in [0.2, 0.25) is 0 Å². The summed E-state index contributed by atoms with van der Waals surface area (Å²) in [5, 5.41) is 12.4. The predicted molar refractivity (Wildman–Crippen MR) is 82.0 cm³/mol. The highest BCUT2D eigenvalue weighted by Crippen LogP contribution is 2.16. The molecule has 0 amide bonds. The Labute approximate surface area is 124 Å². The number of hydrogen-bond acceptors (Lipinski definition) is 3. The molecule has 0 fully saturated rings. The topological polar surface area (TPSA) is 62.2 Å². The van der Waals surface area contributed by atoms with Crippen LogP contribution < -0.4 is 5.32 Å². The number of pyridine rings is 1. The highest BCUT2D eigenvalue weighted by Gasteiger charge is 2.13. The van der Waals surface area contributed by atoms with Crippen molar-refractivity contribution in [2.75, 3.05) is 0 Å². The fourth-order valence-corrected chi connectivity index (χ4v) is 2.07. The van der Waals surface area contributed by atoms with Crippen molar-refractivity contribution in [3.05, 3.63) is 65.5 Å². The van der Waals surface area contributed by atoms with Crippen LogP contribution >= 0.6 is 0 Å².